The summed E-state index contributed by atoms with van der Waals surface area (Å²) < 4.78 is 0. The number of benzene rings is 1. The Kier molecular flexibility index (Phi) is 4.65. The number of amides is 1. The third-order valence-electron chi connectivity index (χ3n) is 3.85. The van der Waals surface area contributed by atoms with Gasteiger partial charge in [-0.2, -0.15) is 0 Å². The molecular weight excluding hydrogens is 252 g/mol. The molecule has 20 heavy (non-hydrogen) atoms. The van der Waals surface area contributed by atoms with Crippen LogP contribution < -0.4 is 5.32 Å². The fourth-order valence-corrected chi connectivity index (χ4v) is 2.82. The lowest BCUT2D eigenvalue weighted by Gasteiger charge is -2.25. The van der Waals surface area contributed by atoms with Gasteiger partial charge in [0.1, 0.15) is 5.75 Å². The summed E-state index contributed by atoms with van der Waals surface area (Å²) in [5.74, 6) is 0.574. The Hall–Kier alpha value is -1.55. The Labute approximate surface area is 120 Å². The second-order valence-electron chi connectivity index (χ2n) is 5.79. The minimum absolute atomic E-state index is 0.0580. The van der Waals surface area contributed by atoms with E-state index in [4.69, 9.17) is 0 Å². The fraction of sp³-hybridized carbons (Fsp3) is 0.562. The van der Waals surface area contributed by atoms with Crippen LogP contribution in [0.15, 0.2) is 18.2 Å². The van der Waals surface area contributed by atoms with E-state index in [0.29, 0.717) is 12.2 Å². The number of hydrogen-bond donors (Lipinski definition) is 2. The fourth-order valence-electron chi connectivity index (χ4n) is 2.82. The van der Waals surface area contributed by atoms with Crippen LogP contribution in [0.2, 0.25) is 0 Å². The molecule has 0 radical (unpaired) electrons. The number of phenols is 1. The number of aryl methyl sites for hydroxylation is 1. The van der Waals surface area contributed by atoms with Gasteiger partial charge >= 0.3 is 0 Å². The van der Waals surface area contributed by atoms with Crippen LogP contribution in [0.25, 0.3) is 0 Å². The van der Waals surface area contributed by atoms with Crippen molar-refractivity contribution in [3.63, 3.8) is 0 Å². The zero-order chi connectivity index (χ0) is 14.7. The van der Waals surface area contributed by atoms with E-state index in [-0.39, 0.29) is 18.0 Å². The Morgan fingerprint density at radius 3 is 2.80 bits per heavy atom. The summed E-state index contributed by atoms with van der Waals surface area (Å²) in [5, 5.41) is 13.4. The summed E-state index contributed by atoms with van der Waals surface area (Å²) >= 11 is 0. The summed E-state index contributed by atoms with van der Waals surface area (Å²) in [6, 6.07) is 5.89. The Balaban J connectivity index is 1.94. The molecule has 0 aromatic heterocycles. The van der Waals surface area contributed by atoms with Gasteiger partial charge in [0.2, 0.25) is 5.91 Å². The first-order valence-corrected chi connectivity index (χ1v) is 7.30. The smallest absolute Gasteiger partial charge is 0.222 e. The molecule has 0 spiro atoms. The highest BCUT2D eigenvalue weighted by atomic mass is 16.3. The molecule has 1 heterocycles. The predicted molar refractivity (Wildman–Crippen MR) is 79.7 cm³/mol. The van der Waals surface area contributed by atoms with Gasteiger partial charge in [-0.25, -0.2) is 0 Å². The van der Waals surface area contributed by atoms with Gasteiger partial charge in [-0.05, 0) is 33.3 Å². The highest BCUT2D eigenvalue weighted by molar-refractivity contribution is 5.78. The SMILES string of the molecule is Cc1ccc(O)c(C(C)NC(C)CN2CCCC2=O)c1. The number of carbonyl (C=O) groups is 1. The van der Waals surface area contributed by atoms with E-state index in [2.05, 4.69) is 12.2 Å². The molecule has 1 saturated heterocycles. The maximum atomic E-state index is 11.6. The third-order valence-corrected chi connectivity index (χ3v) is 3.85. The molecule has 2 atom stereocenters. The van der Waals surface area contributed by atoms with E-state index in [1.807, 2.05) is 30.9 Å². The number of aromatic hydroxyl groups is 1. The van der Waals surface area contributed by atoms with Gasteiger partial charge in [-0.15, -0.1) is 0 Å². The van der Waals surface area contributed by atoms with Crippen molar-refractivity contribution in [1.82, 2.24) is 10.2 Å². The average Bonchev–Trinajstić information content (AvgIpc) is 2.77. The van der Waals surface area contributed by atoms with Gasteiger partial charge in [-0.3, -0.25) is 4.79 Å². The van der Waals surface area contributed by atoms with E-state index in [9.17, 15) is 9.90 Å². The quantitative estimate of drug-likeness (QED) is 0.868. The van der Waals surface area contributed by atoms with Crippen molar-refractivity contribution in [2.75, 3.05) is 13.1 Å². The first-order valence-electron chi connectivity index (χ1n) is 7.30. The van der Waals surface area contributed by atoms with Crippen molar-refractivity contribution in [1.29, 1.82) is 0 Å². The second kappa shape index (κ2) is 6.27. The van der Waals surface area contributed by atoms with Crippen LogP contribution in [0.4, 0.5) is 0 Å². The number of phenolic OH excluding ortho intramolecular Hbond substituents is 1. The molecule has 1 amide bonds. The van der Waals surface area contributed by atoms with Crippen molar-refractivity contribution >= 4 is 5.91 Å². The zero-order valence-corrected chi connectivity index (χ0v) is 12.5. The van der Waals surface area contributed by atoms with Crippen LogP contribution in [-0.2, 0) is 4.79 Å². The summed E-state index contributed by atoms with van der Waals surface area (Å²) in [6.07, 6.45) is 1.65. The molecule has 1 aromatic rings. The van der Waals surface area contributed by atoms with E-state index in [1.54, 1.807) is 6.07 Å². The highest BCUT2D eigenvalue weighted by Gasteiger charge is 2.22. The molecule has 2 N–H and O–H groups in total. The Morgan fingerprint density at radius 1 is 1.40 bits per heavy atom. The van der Waals surface area contributed by atoms with E-state index < -0.39 is 0 Å². The third kappa shape index (κ3) is 3.51. The molecule has 4 heteroatoms. The normalized spacial score (nSPS) is 18.4. The standard InChI is InChI=1S/C16H24N2O2/c1-11-6-7-15(19)14(9-11)13(3)17-12(2)10-18-8-4-5-16(18)20/h6-7,9,12-13,17,19H,4-5,8,10H2,1-3H3. The van der Waals surface area contributed by atoms with E-state index in [1.165, 1.54) is 0 Å². The molecule has 1 aliphatic heterocycles. The summed E-state index contributed by atoms with van der Waals surface area (Å²) in [6.45, 7) is 7.73. The van der Waals surface area contributed by atoms with Gasteiger partial charge in [0.25, 0.3) is 0 Å². The van der Waals surface area contributed by atoms with Crippen molar-refractivity contribution in [3.8, 4) is 5.75 Å². The largest absolute Gasteiger partial charge is 0.508 e. The van der Waals surface area contributed by atoms with Gasteiger partial charge in [0.15, 0.2) is 0 Å². The van der Waals surface area contributed by atoms with Crippen LogP contribution in [0.5, 0.6) is 5.75 Å². The molecule has 1 aliphatic rings. The molecule has 2 rings (SSSR count). The van der Waals surface area contributed by atoms with Crippen LogP contribution >= 0.6 is 0 Å². The second-order valence-corrected chi connectivity index (χ2v) is 5.79. The molecule has 1 fully saturated rings. The number of nitrogens with zero attached hydrogens (tertiary/aromatic N) is 1. The van der Waals surface area contributed by atoms with Crippen LogP contribution in [0, 0.1) is 6.92 Å². The van der Waals surface area contributed by atoms with Crippen LogP contribution in [0.3, 0.4) is 0 Å². The first kappa shape index (κ1) is 14.9. The number of rotatable bonds is 5. The lowest BCUT2D eigenvalue weighted by atomic mass is 10.0. The Morgan fingerprint density at radius 2 is 2.15 bits per heavy atom. The number of carbonyl (C=O) groups excluding carboxylic acids is 1. The number of likely N-dealkylation sites (tertiary alicyclic amines) is 1. The summed E-state index contributed by atoms with van der Waals surface area (Å²) in [5.41, 5.74) is 2.04. The number of nitrogens with one attached hydrogen (secondary N) is 1. The zero-order valence-electron chi connectivity index (χ0n) is 12.5. The Bertz CT molecular complexity index is 487. The lowest BCUT2D eigenvalue weighted by Crippen LogP contribution is -2.40. The van der Waals surface area contributed by atoms with Crippen molar-refractivity contribution < 1.29 is 9.90 Å². The molecule has 110 valence electrons. The minimum atomic E-state index is 0.0580. The van der Waals surface area contributed by atoms with Crippen molar-refractivity contribution in [2.45, 2.75) is 45.7 Å². The molecule has 2 unspecified atom stereocenters. The molecule has 1 aromatic carbocycles. The monoisotopic (exact) mass is 276 g/mol. The molecule has 0 bridgehead atoms. The minimum Gasteiger partial charge on any atom is -0.508 e. The molecule has 0 saturated carbocycles. The summed E-state index contributed by atoms with van der Waals surface area (Å²) in [4.78, 5) is 13.5. The van der Waals surface area contributed by atoms with Gasteiger partial charge in [0, 0.05) is 37.2 Å². The van der Waals surface area contributed by atoms with Crippen LogP contribution in [0.1, 0.15) is 43.9 Å². The van der Waals surface area contributed by atoms with Gasteiger partial charge < -0.3 is 15.3 Å². The molecular formula is C16H24N2O2. The first-order chi connectivity index (χ1) is 9.47. The summed E-state index contributed by atoms with van der Waals surface area (Å²) in [7, 11) is 0. The predicted octanol–water partition coefficient (Wildman–Crippen LogP) is 2.36. The topological polar surface area (TPSA) is 52.6 Å². The van der Waals surface area contributed by atoms with Crippen molar-refractivity contribution in [3.05, 3.63) is 29.3 Å². The number of hydrogen-bond acceptors (Lipinski definition) is 3. The van der Waals surface area contributed by atoms with Gasteiger partial charge in [-0.1, -0.05) is 17.7 Å². The van der Waals surface area contributed by atoms with E-state index in [0.717, 1.165) is 30.6 Å². The lowest BCUT2D eigenvalue weighted by molar-refractivity contribution is -0.127. The van der Waals surface area contributed by atoms with Gasteiger partial charge in [0.05, 0.1) is 0 Å². The van der Waals surface area contributed by atoms with E-state index >= 15 is 0 Å². The maximum Gasteiger partial charge on any atom is 0.222 e. The average molecular weight is 276 g/mol. The highest BCUT2D eigenvalue weighted by Crippen LogP contribution is 2.25. The molecule has 0 aliphatic carbocycles. The molecule has 4 nitrogen and oxygen atoms in total. The van der Waals surface area contributed by atoms with Crippen LogP contribution in [-0.4, -0.2) is 35.0 Å². The van der Waals surface area contributed by atoms with Crippen molar-refractivity contribution in [2.24, 2.45) is 0 Å². The maximum absolute atomic E-state index is 11.6.